The zero-order valence-corrected chi connectivity index (χ0v) is 13.4. The third kappa shape index (κ3) is 4.13. The largest absolute Gasteiger partial charge is 0.338 e. The van der Waals surface area contributed by atoms with Crippen LogP contribution in [0.15, 0.2) is 60.7 Å². The molecule has 0 atom stereocenters. The van der Waals surface area contributed by atoms with E-state index in [-0.39, 0.29) is 18.0 Å². The number of urea groups is 1. The molecule has 0 unspecified atom stereocenters. The van der Waals surface area contributed by atoms with Gasteiger partial charge in [0, 0.05) is 30.4 Å². The standard InChI is InChI=1S/C19H21N3O2/c23-18(15-7-3-1-4-8-15)22-13-11-17(12-14-22)21-19(24)20-16-9-5-2-6-10-16/h1-10,17H,11-14H2,(H2,20,21,24). The first kappa shape index (κ1) is 16.1. The highest BCUT2D eigenvalue weighted by atomic mass is 16.2. The van der Waals surface area contributed by atoms with Crippen molar-refractivity contribution >= 4 is 17.6 Å². The lowest BCUT2D eigenvalue weighted by Gasteiger charge is -2.32. The van der Waals surface area contributed by atoms with Crippen molar-refractivity contribution in [2.24, 2.45) is 0 Å². The molecule has 0 aromatic heterocycles. The van der Waals surface area contributed by atoms with Crippen LogP contribution in [0.1, 0.15) is 23.2 Å². The van der Waals surface area contributed by atoms with Gasteiger partial charge in [-0.2, -0.15) is 0 Å². The molecular formula is C19H21N3O2. The summed E-state index contributed by atoms with van der Waals surface area (Å²) in [6, 6.07) is 18.6. The number of benzene rings is 2. The minimum atomic E-state index is -0.200. The first-order valence-electron chi connectivity index (χ1n) is 8.19. The molecule has 0 saturated carbocycles. The zero-order valence-electron chi connectivity index (χ0n) is 13.4. The molecule has 0 bridgehead atoms. The number of para-hydroxylation sites is 1. The number of hydrogen-bond acceptors (Lipinski definition) is 2. The highest BCUT2D eigenvalue weighted by Gasteiger charge is 2.24. The van der Waals surface area contributed by atoms with Crippen molar-refractivity contribution < 1.29 is 9.59 Å². The number of nitrogens with one attached hydrogen (secondary N) is 2. The number of likely N-dealkylation sites (tertiary alicyclic amines) is 1. The third-order valence-corrected chi connectivity index (χ3v) is 4.17. The SMILES string of the molecule is O=C(Nc1ccccc1)NC1CCN(C(=O)c2ccccc2)CC1. The van der Waals surface area contributed by atoms with E-state index in [0.717, 1.165) is 18.5 Å². The number of carbonyl (C=O) groups excluding carboxylic acids is 2. The van der Waals surface area contributed by atoms with Crippen LogP contribution >= 0.6 is 0 Å². The fourth-order valence-corrected chi connectivity index (χ4v) is 2.86. The quantitative estimate of drug-likeness (QED) is 0.912. The van der Waals surface area contributed by atoms with Crippen LogP contribution in [-0.4, -0.2) is 36.0 Å². The van der Waals surface area contributed by atoms with Gasteiger partial charge in [0.05, 0.1) is 0 Å². The fraction of sp³-hybridized carbons (Fsp3) is 0.263. The molecule has 1 aliphatic rings. The van der Waals surface area contributed by atoms with E-state index in [0.29, 0.717) is 18.7 Å². The smallest absolute Gasteiger partial charge is 0.319 e. The first-order valence-corrected chi connectivity index (χ1v) is 8.19. The van der Waals surface area contributed by atoms with Crippen LogP contribution in [0.4, 0.5) is 10.5 Å². The van der Waals surface area contributed by atoms with Gasteiger partial charge in [-0.3, -0.25) is 4.79 Å². The molecular weight excluding hydrogens is 302 g/mol. The average molecular weight is 323 g/mol. The Kier molecular flexibility index (Phi) is 5.11. The Morgan fingerprint density at radius 2 is 1.46 bits per heavy atom. The summed E-state index contributed by atoms with van der Waals surface area (Å²) in [7, 11) is 0. The average Bonchev–Trinajstić information content (AvgIpc) is 2.63. The number of carbonyl (C=O) groups is 2. The van der Waals surface area contributed by atoms with Gasteiger partial charge in [0.25, 0.3) is 5.91 Å². The van der Waals surface area contributed by atoms with E-state index >= 15 is 0 Å². The highest BCUT2D eigenvalue weighted by Crippen LogP contribution is 2.14. The molecule has 5 heteroatoms. The second kappa shape index (κ2) is 7.64. The number of rotatable bonds is 3. The van der Waals surface area contributed by atoms with Crippen LogP contribution < -0.4 is 10.6 Å². The molecule has 3 rings (SSSR count). The summed E-state index contributed by atoms with van der Waals surface area (Å²) in [6.45, 7) is 1.31. The van der Waals surface area contributed by atoms with Crippen molar-refractivity contribution in [1.29, 1.82) is 0 Å². The molecule has 124 valence electrons. The van der Waals surface area contributed by atoms with Gasteiger partial charge in [0.2, 0.25) is 0 Å². The maximum atomic E-state index is 12.4. The van der Waals surface area contributed by atoms with E-state index in [4.69, 9.17) is 0 Å². The van der Waals surface area contributed by atoms with Gasteiger partial charge in [-0.15, -0.1) is 0 Å². The summed E-state index contributed by atoms with van der Waals surface area (Å²) < 4.78 is 0. The van der Waals surface area contributed by atoms with Crippen LogP contribution in [0.5, 0.6) is 0 Å². The van der Waals surface area contributed by atoms with Crippen LogP contribution in [0.25, 0.3) is 0 Å². The molecule has 1 heterocycles. The van der Waals surface area contributed by atoms with E-state index in [1.165, 1.54) is 0 Å². The van der Waals surface area contributed by atoms with Crippen molar-refractivity contribution in [1.82, 2.24) is 10.2 Å². The Bertz CT molecular complexity index is 680. The molecule has 1 fully saturated rings. The highest BCUT2D eigenvalue weighted by molar-refractivity contribution is 5.94. The molecule has 2 aromatic rings. The Morgan fingerprint density at radius 3 is 2.08 bits per heavy atom. The predicted molar refractivity (Wildman–Crippen MR) is 94.0 cm³/mol. The Hall–Kier alpha value is -2.82. The summed E-state index contributed by atoms with van der Waals surface area (Å²) >= 11 is 0. The fourth-order valence-electron chi connectivity index (χ4n) is 2.86. The first-order chi connectivity index (χ1) is 11.7. The van der Waals surface area contributed by atoms with E-state index in [9.17, 15) is 9.59 Å². The number of nitrogens with zero attached hydrogens (tertiary/aromatic N) is 1. The minimum absolute atomic E-state index is 0.0581. The van der Waals surface area contributed by atoms with E-state index in [2.05, 4.69) is 10.6 Å². The normalized spacial score (nSPS) is 14.9. The molecule has 5 nitrogen and oxygen atoms in total. The lowest BCUT2D eigenvalue weighted by molar-refractivity contribution is 0.0709. The molecule has 0 radical (unpaired) electrons. The van der Waals surface area contributed by atoms with Gasteiger partial charge in [-0.1, -0.05) is 36.4 Å². The van der Waals surface area contributed by atoms with Gasteiger partial charge >= 0.3 is 6.03 Å². The molecule has 1 saturated heterocycles. The number of hydrogen-bond donors (Lipinski definition) is 2. The molecule has 0 spiro atoms. The van der Waals surface area contributed by atoms with Crippen molar-refractivity contribution in [3.8, 4) is 0 Å². The van der Waals surface area contributed by atoms with Gasteiger partial charge in [-0.05, 0) is 37.1 Å². The van der Waals surface area contributed by atoms with Gasteiger partial charge in [0.15, 0.2) is 0 Å². The van der Waals surface area contributed by atoms with Crippen LogP contribution in [0.3, 0.4) is 0 Å². The number of amides is 3. The van der Waals surface area contributed by atoms with Gasteiger partial charge in [-0.25, -0.2) is 4.79 Å². The molecule has 24 heavy (non-hydrogen) atoms. The van der Waals surface area contributed by atoms with Crippen LogP contribution in [0, 0.1) is 0 Å². The number of piperidine rings is 1. The van der Waals surface area contributed by atoms with Gasteiger partial charge < -0.3 is 15.5 Å². The van der Waals surface area contributed by atoms with Crippen molar-refractivity contribution in [3.05, 3.63) is 66.2 Å². The van der Waals surface area contributed by atoms with Crippen molar-refractivity contribution in [2.75, 3.05) is 18.4 Å². The summed E-state index contributed by atoms with van der Waals surface area (Å²) in [5.41, 5.74) is 1.48. The molecule has 1 aliphatic heterocycles. The van der Waals surface area contributed by atoms with Crippen molar-refractivity contribution in [3.63, 3.8) is 0 Å². The van der Waals surface area contributed by atoms with Crippen molar-refractivity contribution in [2.45, 2.75) is 18.9 Å². The summed E-state index contributed by atoms with van der Waals surface area (Å²) in [6.07, 6.45) is 1.53. The lowest BCUT2D eigenvalue weighted by atomic mass is 10.0. The van der Waals surface area contributed by atoms with E-state index < -0.39 is 0 Å². The van der Waals surface area contributed by atoms with Crippen LogP contribution in [-0.2, 0) is 0 Å². The third-order valence-electron chi connectivity index (χ3n) is 4.17. The molecule has 3 amide bonds. The topological polar surface area (TPSA) is 61.4 Å². The summed E-state index contributed by atoms with van der Waals surface area (Å²) in [5.74, 6) is 0.0581. The van der Waals surface area contributed by atoms with E-state index in [1.54, 1.807) is 0 Å². The second-order valence-electron chi connectivity index (χ2n) is 5.90. The van der Waals surface area contributed by atoms with Gasteiger partial charge in [0.1, 0.15) is 0 Å². The maximum Gasteiger partial charge on any atom is 0.319 e. The summed E-state index contributed by atoms with van der Waals surface area (Å²) in [5, 5.41) is 5.80. The Balaban J connectivity index is 1.47. The molecule has 2 aromatic carbocycles. The lowest BCUT2D eigenvalue weighted by Crippen LogP contribution is -2.47. The Labute approximate surface area is 141 Å². The molecule has 2 N–H and O–H groups in total. The van der Waals surface area contributed by atoms with Crippen LogP contribution in [0.2, 0.25) is 0 Å². The molecule has 0 aliphatic carbocycles. The summed E-state index contributed by atoms with van der Waals surface area (Å²) in [4.78, 5) is 26.3. The minimum Gasteiger partial charge on any atom is -0.338 e. The monoisotopic (exact) mass is 323 g/mol. The zero-order chi connectivity index (χ0) is 16.8. The second-order valence-corrected chi connectivity index (χ2v) is 5.90. The van der Waals surface area contributed by atoms with E-state index in [1.807, 2.05) is 65.6 Å². The predicted octanol–water partition coefficient (Wildman–Crippen LogP) is 3.11. The number of anilines is 1. The maximum absolute atomic E-state index is 12.4. The Morgan fingerprint density at radius 1 is 0.875 bits per heavy atom.